The lowest BCUT2D eigenvalue weighted by Gasteiger charge is -2.32. The van der Waals surface area contributed by atoms with Crippen LogP contribution < -0.4 is 15.5 Å². The number of benzene rings is 1. The molecule has 0 aliphatic carbocycles. The van der Waals surface area contributed by atoms with Gasteiger partial charge in [-0.3, -0.25) is 9.59 Å². The molecule has 1 unspecified atom stereocenters. The smallest absolute Gasteiger partial charge is 0.253 e. The number of fused-ring (bicyclic) bond motifs is 1. The van der Waals surface area contributed by atoms with Crippen molar-refractivity contribution in [3.63, 3.8) is 0 Å². The number of rotatable bonds is 2. The number of nitrogens with one attached hydrogen (secondary N) is 2. The molecule has 25 heavy (non-hydrogen) atoms. The van der Waals surface area contributed by atoms with Gasteiger partial charge in [-0.25, -0.2) is 0 Å². The van der Waals surface area contributed by atoms with Gasteiger partial charge in [0, 0.05) is 44.7 Å². The molecule has 3 rings (SSSR count). The molecule has 0 bridgehead atoms. The molecule has 2 aliphatic heterocycles. The van der Waals surface area contributed by atoms with E-state index in [-0.39, 0.29) is 36.6 Å². The highest BCUT2D eigenvalue weighted by Crippen LogP contribution is 2.29. The minimum Gasteiger partial charge on any atom is -0.372 e. The van der Waals surface area contributed by atoms with Crippen LogP contribution in [0.5, 0.6) is 0 Å². The average molecular weight is 389 g/mol. The van der Waals surface area contributed by atoms with Crippen LogP contribution in [-0.4, -0.2) is 56.5 Å². The van der Waals surface area contributed by atoms with Crippen LogP contribution in [0.2, 0.25) is 0 Å². The minimum absolute atomic E-state index is 0. The molecule has 2 N–H and O–H groups in total. The third kappa shape index (κ3) is 4.77. The van der Waals surface area contributed by atoms with Crippen molar-refractivity contribution in [2.75, 3.05) is 43.9 Å². The quantitative estimate of drug-likeness (QED) is 0.814. The van der Waals surface area contributed by atoms with E-state index in [1.165, 1.54) is 0 Å². The normalized spacial score (nSPS) is 19.8. The Morgan fingerprint density at radius 2 is 2.04 bits per heavy atom. The Labute approximate surface area is 161 Å². The number of carbonyl (C=O) groups is 2. The van der Waals surface area contributed by atoms with Crippen molar-refractivity contribution in [2.24, 2.45) is 0 Å². The van der Waals surface area contributed by atoms with E-state index in [9.17, 15) is 9.59 Å². The Balaban J connectivity index is 0.00000156. The Hall–Kier alpha value is -1.50. The topological polar surface area (TPSA) is 64.7 Å². The van der Waals surface area contributed by atoms with Crippen LogP contribution in [0, 0.1) is 0 Å². The molecule has 2 amide bonds. The first kappa shape index (κ1) is 21.5. The predicted octanol–water partition coefficient (Wildman–Crippen LogP) is 2.13. The molecule has 1 saturated heterocycles. The molecule has 0 saturated carbocycles. The largest absolute Gasteiger partial charge is 0.372 e. The third-order valence-corrected chi connectivity index (χ3v) is 4.72. The molecule has 1 aromatic carbocycles. The lowest BCUT2D eigenvalue weighted by atomic mass is 10.0. The summed E-state index contributed by atoms with van der Waals surface area (Å²) in [6, 6.07) is 5.95. The maximum Gasteiger partial charge on any atom is 0.253 e. The van der Waals surface area contributed by atoms with Crippen LogP contribution in [0.3, 0.4) is 0 Å². The monoisotopic (exact) mass is 388 g/mol. The van der Waals surface area contributed by atoms with Crippen molar-refractivity contribution in [1.29, 1.82) is 0 Å². The number of likely N-dealkylation sites (tertiary alicyclic amines) is 1. The highest BCUT2D eigenvalue weighted by Gasteiger charge is 2.25. The first-order chi connectivity index (χ1) is 11.1. The van der Waals surface area contributed by atoms with Gasteiger partial charge in [-0.2, -0.15) is 0 Å². The zero-order chi connectivity index (χ0) is 16.4. The van der Waals surface area contributed by atoms with Gasteiger partial charge < -0.3 is 20.4 Å². The third-order valence-electron chi connectivity index (χ3n) is 4.72. The van der Waals surface area contributed by atoms with Gasteiger partial charge in [-0.15, -0.1) is 24.8 Å². The fourth-order valence-electron chi connectivity index (χ4n) is 3.28. The van der Waals surface area contributed by atoms with Crippen LogP contribution in [0.25, 0.3) is 0 Å². The number of anilines is 2. The van der Waals surface area contributed by atoms with Crippen molar-refractivity contribution in [1.82, 2.24) is 10.2 Å². The number of likely N-dealkylation sites (N-methyl/N-ethyl adjacent to an activating group) is 1. The number of nitrogens with zero attached hydrogens (tertiary/aromatic N) is 2. The summed E-state index contributed by atoms with van der Waals surface area (Å²) >= 11 is 0. The first-order valence-corrected chi connectivity index (χ1v) is 8.20. The van der Waals surface area contributed by atoms with Crippen LogP contribution in [0.15, 0.2) is 18.2 Å². The summed E-state index contributed by atoms with van der Waals surface area (Å²) in [6.45, 7) is 2.21. The summed E-state index contributed by atoms with van der Waals surface area (Å²) in [6.07, 6.45) is 2.58. The van der Waals surface area contributed by atoms with E-state index in [0.717, 1.165) is 37.3 Å². The summed E-state index contributed by atoms with van der Waals surface area (Å²) in [5, 5.41) is 6.16. The lowest BCUT2D eigenvalue weighted by Crippen LogP contribution is -2.46. The van der Waals surface area contributed by atoms with E-state index in [1.807, 2.05) is 36.0 Å². The summed E-state index contributed by atoms with van der Waals surface area (Å²) in [5.41, 5.74) is 2.32. The second kappa shape index (κ2) is 9.27. The van der Waals surface area contributed by atoms with E-state index in [1.54, 1.807) is 6.07 Å². The standard InChI is InChI=1S/C17H24N4O2.2ClH/c1-18-13-4-3-8-21(11-13)17(23)12-5-6-15-14(10-12)19-16(22)7-9-20(15)2;;/h5-6,10,13,18H,3-4,7-9,11H2,1-2H3,(H,19,22);2*1H. The molecule has 6 nitrogen and oxygen atoms in total. The van der Waals surface area contributed by atoms with Crippen molar-refractivity contribution in [3.8, 4) is 0 Å². The predicted molar refractivity (Wildman–Crippen MR) is 105 cm³/mol. The van der Waals surface area contributed by atoms with Gasteiger partial charge in [-0.1, -0.05) is 0 Å². The van der Waals surface area contributed by atoms with Gasteiger partial charge in [0.25, 0.3) is 5.91 Å². The number of carbonyl (C=O) groups excluding carboxylic acids is 2. The molecule has 2 heterocycles. The van der Waals surface area contributed by atoms with E-state index in [2.05, 4.69) is 10.6 Å². The second-order valence-electron chi connectivity index (χ2n) is 6.33. The molecule has 0 spiro atoms. The van der Waals surface area contributed by atoms with Crippen LogP contribution in [0.1, 0.15) is 29.6 Å². The van der Waals surface area contributed by atoms with Crippen LogP contribution in [0.4, 0.5) is 11.4 Å². The summed E-state index contributed by atoms with van der Waals surface area (Å²) in [7, 11) is 3.90. The number of hydrogen-bond acceptors (Lipinski definition) is 4. The number of amides is 2. The van der Waals surface area contributed by atoms with E-state index < -0.39 is 0 Å². The zero-order valence-corrected chi connectivity index (χ0v) is 16.2. The van der Waals surface area contributed by atoms with Crippen molar-refractivity contribution < 1.29 is 9.59 Å². The van der Waals surface area contributed by atoms with E-state index >= 15 is 0 Å². The van der Waals surface area contributed by atoms with E-state index in [4.69, 9.17) is 0 Å². The van der Waals surface area contributed by atoms with Gasteiger partial charge in [0.2, 0.25) is 5.91 Å². The number of piperidine rings is 1. The van der Waals surface area contributed by atoms with Crippen molar-refractivity contribution >= 4 is 48.0 Å². The number of hydrogen-bond donors (Lipinski definition) is 2. The lowest BCUT2D eigenvalue weighted by molar-refractivity contribution is -0.115. The Kier molecular flexibility index (Phi) is 7.99. The van der Waals surface area contributed by atoms with Gasteiger partial charge in [0.1, 0.15) is 0 Å². The Morgan fingerprint density at radius 1 is 1.28 bits per heavy atom. The fraction of sp³-hybridized carbons (Fsp3) is 0.529. The first-order valence-electron chi connectivity index (χ1n) is 8.20. The van der Waals surface area contributed by atoms with Gasteiger partial charge in [-0.05, 0) is 38.1 Å². The summed E-state index contributed by atoms with van der Waals surface area (Å²) in [5.74, 6) is 0.0299. The summed E-state index contributed by atoms with van der Waals surface area (Å²) in [4.78, 5) is 28.5. The molecule has 1 atom stereocenters. The maximum absolute atomic E-state index is 12.8. The minimum atomic E-state index is -0.00609. The molecule has 1 aromatic rings. The average Bonchev–Trinajstić information content (AvgIpc) is 2.72. The summed E-state index contributed by atoms with van der Waals surface area (Å²) < 4.78 is 0. The maximum atomic E-state index is 12.8. The SMILES string of the molecule is CNC1CCCN(C(=O)c2ccc3c(c2)NC(=O)CCN3C)C1.Cl.Cl. The molecule has 8 heteroatoms. The zero-order valence-electron chi connectivity index (χ0n) is 14.6. The highest BCUT2D eigenvalue weighted by molar-refractivity contribution is 6.01. The molecule has 0 radical (unpaired) electrons. The Bertz CT molecular complexity index is 627. The van der Waals surface area contributed by atoms with Crippen LogP contribution >= 0.6 is 24.8 Å². The van der Waals surface area contributed by atoms with Crippen LogP contribution in [-0.2, 0) is 4.79 Å². The van der Waals surface area contributed by atoms with Crippen molar-refractivity contribution in [3.05, 3.63) is 23.8 Å². The molecule has 2 aliphatic rings. The Morgan fingerprint density at radius 3 is 2.76 bits per heavy atom. The molecular formula is C17H26Cl2N4O2. The molecule has 0 aromatic heterocycles. The fourth-order valence-corrected chi connectivity index (χ4v) is 3.28. The second-order valence-corrected chi connectivity index (χ2v) is 6.33. The van der Waals surface area contributed by atoms with Crippen molar-refractivity contribution in [2.45, 2.75) is 25.3 Å². The van der Waals surface area contributed by atoms with Gasteiger partial charge in [0.15, 0.2) is 0 Å². The molecule has 1 fully saturated rings. The molecule has 140 valence electrons. The van der Waals surface area contributed by atoms with Gasteiger partial charge in [0.05, 0.1) is 11.4 Å². The molecular weight excluding hydrogens is 363 g/mol. The van der Waals surface area contributed by atoms with Gasteiger partial charge >= 0.3 is 0 Å². The van der Waals surface area contributed by atoms with E-state index in [0.29, 0.717) is 24.6 Å². The number of halogens is 2. The highest BCUT2D eigenvalue weighted by atomic mass is 35.5.